The molecule has 1 aromatic heterocycles. The Morgan fingerprint density at radius 1 is 0.864 bits per heavy atom. The van der Waals surface area contributed by atoms with Crippen LogP contribution in [0.1, 0.15) is 31.9 Å². The summed E-state index contributed by atoms with van der Waals surface area (Å²) in [4.78, 5) is 0. The first-order valence-corrected chi connectivity index (χ1v) is 7.49. The van der Waals surface area contributed by atoms with Crippen molar-refractivity contribution in [1.82, 2.24) is 4.57 Å². The summed E-state index contributed by atoms with van der Waals surface area (Å²) in [5.74, 6) is 0. The maximum atomic E-state index is 4.09. The van der Waals surface area contributed by atoms with Crippen LogP contribution in [0.15, 0.2) is 60.8 Å². The van der Waals surface area contributed by atoms with Crippen LogP contribution in [0.25, 0.3) is 10.9 Å². The van der Waals surface area contributed by atoms with E-state index < -0.39 is 0 Å². The van der Waals surface area contributed by atoms with Gasteiger partial charge in [0, 0.05) is 39.3 Å². The van der Waals surface area contributed by atoms with Gasteiger partial charge in [0.25, 0.3) is 0 Å². The molecule has 0 fully saturated rings. The molecule has 0 aliphatic heterocycles. The summed E-state index contributed by atoms with van der Waals surface area (Å²) in [5, 5.41) is 1.24. The molecule has 0 bridgehead atoms. The predicted molar refractivity (Wildman–Crippen MR) is 94.3 cm³/mol. The second-order valence-corrected chi connectivity index (χ2v) is 4.28. The normalized spacial score (nSPS) is 8.91. The Bertz CT molecular complexity index is 641. The van der Waals surface area contributed by atoms with Crippen molar-refractivity contribution in [3.8, 4) is 0 Å². The quantitative estimate of drug-likeness (QED) is 0.509. The van der Waals surface area contributed by atoms with E-state index >= 15 is 0 Å². The number of benzene rings is 2. The van der Waals surface area contributed by atoms with Crippen molar-refractivity contribution in [2.45, 2.75) is 27.3 Å². The number of hydrogen-bond acceptors (Lipinski definition) is 0. The SMILES string of the molecule is CC.[CH2-]C.[CH2-]c1cn(Cc2ccccc2)c2ccccc12.[Y]. The van der Waals surface area contributed by atoms with E-state index in [1.807, 2.05) is 19.9 Å². The Morgan fingerprint density at radius 2 is 1.41 bits per heavy atom. The van der Waals surface area contributed by atoms with Crippen LogP contribution in [-0.2, 0) is 39.3 Å². The van der Waals surface area contributed by atoms with Crippen molar-refractivity contribution in [2.24, 2.45) is 0 Å². The molecular weight excluding hydrogens is 343 g/mol. The van der Waals surface area contributed by atoms with E-state index in [4.69, 9.17) is 0 Å². The first-order chi connectivity index (χ1) is 10.3. The van der Waals surface area contributed by atoms with Crippen LogP contribution >= 0.6 is 0 Å². The van der Waals surface area contributed by atoms with Gasteiger partial charge in [0.1, 0.15) is 0 Å². The minimum Gasteiger partial charge on any atom is -0.406 e. The van der Waals surface area contributed by atoms with Crippen molar-refractivity contribution in [3.63, 3.8) is 0 Å². The van der Waals surface area contributed by atoms with Gasteiger partial charge in [-0.05, 0) is 11.1 Å². The molecule has 0 saturated carbocycles. The Morgan fingerprint density at radius 3 is 2.05 bits per heavy atom. The molecule has 1 heterocycles. The Kier molecular flexibility index (Phi) is 11.0. The maximum Gasteiger partial charge on any atom is 0.0346 e. The van der Waals surface area contributed by atoms with Gasteiger partial charge < -0.3 is 11.5 Å². The van der Waals surface area contributed by atoms with Gasteiger partial charge in [-0.2, -0.15) is 19.4 Å². The summed E-state index contributed by atoms with van der Waals surface area (Å²) >= 11 is 0. The van der Waals surface area contributed by atoms with Gasteiger partial charge in [0.15, 0.2) is 0 Å². The molecule has 0 N–H and O–H groups in total. The zero-order valence-corrected chi connectivity index (χ0v) is 16.8. The predicted octanol–water partition coefficient (Wildman–Crippen LogP) is 5.74. The van der Waals surface area contributed by atoms with E-state index in [2.05, 4.69) is 73.1 Å². The number of hydrogen-bond donors (Lipinski definition) is 0. The molecule has 2 aromatic carbocycles. The van der Waals surface area contributed by atoms with Gasteiger partial charge in [-0.15, -0.1) is 11.5 Å². The van der Waals surface area contributed by atoms with Crippen LogP contribution < -0.4 is 0 Å². The molecule has 0 aliphatic carbocycles. The fourth-order valence-electron chi connectivity index (χ4n) is 2.23. The fraction of sp³-hybridized carbons (Fsp3) is 0.200. The molecule has 3 aromatic rings. The van der Waals surface area contributed by atoms with E-state index in [1.54, 1.807) is 6.92 Å². The van der Waals surface area contributed by atoms with Crippen molar-refractivity contribution in [1.29, 1.82) is 0 Å². The molecule has 0 unspecified atom stereocenters. The summed E-state index contributed by atoms with van der Waals surface area (Å²) in [7, 11) is 0. The van der Waals surface area contributed by atoms with Crippen LogP contribution in [0.2, 0.25) is 0 Å². The smallest absolute Gasteiger partial charge is 0.0346 e. The van der Waals surface area contributed by atoms with Crippen LogP contribution in [0.5, 0.6) is 0 Å². The number of aromatic nitrogens is 1. The van der Waals surface area contributed by atoms with E-state index in [9.17, 15) is 0 Å². The monoisotopic (exact) mass is 368 g/mol. The van der Waals surface area contributed by atoms with Gasteiger partial charge in [-0.1, -0.05) is 68.6 Å². The van der Waals surface area contributed by atoms with Crippen molar-refractivity contribution >= 4 is 10.9 Å². The molecule has 3 rings (SSSR count). The van der Waals surface area contributed by atoms with E-state index in [0.717, 1.165) is 12.1 Å². The minimum atomic E-state index is 0. The first kappa shape index (κ1) is 21.0. The van der Waals surface area contributed by atoms with Crippen LogP contribution in [0.4, 0.5) is 0 Å². The Balaban J connectivity index is 0.000000819. The standard InChI is InChI=1S/C16H14N.C2H6.C2H5.Y/c1-13-11-17(12-14-7-3-2-4-8-14)16-10-6-5-9-15(13)16;2*1-2;/h2-11H,1,12H2;1-2H3;1H2,2H3;/q-1;;-1;. The molecule has 115 valence electrons. The third-order valence-corrected chi connectivity index (χ3v) is 3.07. The average molecular weight is 368 g/mol. The fourth-order valence-corrected chi connectivity index (χ4v) is 2.23. The number of para-hydroxylation sites is 1. The average Bonchev–Trinajstić information content (AvgIpc) is 2.89. The molecule has 2 heteroatoms. The van der Waals surface area contributed by atoms with Crippen molar-refractivity contribution in [3.05, 3.63) is 85.8 Å². The Labute approximate surface area is 160 Å². The summed E-state index contributed by atoms with van der Waals surface area (Å²) in [5.41, 5.74) is 3.66. The number of fused-ring (bicyclic) bond motifs is 1. The van der Waals surface area contributed by atoms with Gasteiger partial charge in [0.05, 0.1) is 0 Å². The largest absolute Gasteiger partial charge is 0.406 e. The van der Waals surface area contributed by atoms with E-state index in [1.165, 1.54) is 16.5 Å². The molecular formula is C20H25NY-2. The third kappa shape index (κ3) is 5.30. The van der Waals surface area contributed by atoms with Gasteiger partial charge in [-0.25, -0.2) is 0 Å². The molecule has 1 nitrogen and oxygen atoms in total. The summed E-state index contributed by atoms with van der Waals surface area (Å²) in [6.45, 7) is 14.0. The second kappa shape index (κ2) is 11.5. The van der Waals surface area contributed by atoms with E-state index in [-0.39, 0.29) is 32.7 Å². The van der Waals surface area contributed by atoms with Crippen LogP contribution in [0, 0.1) is 13.8 Å². The summed E-state index contributed by atoms with van der Waals surface area (Å²) < 4.78 is 2.26. The van der Waals surface area contributed by atoms with Gasteiger partial charge in [-0.3, -0.25) is 0 Å². The topological polar surface area (TPSA) is 4.93 Å². The molecule has 0 amide bonds. The molecule has 0 aliphatic rings. The van der Waals surface area contributed by atoms with Gasteiger partial charge in [0.2, 0.25) is 0 Å². The molecule has 22 heavy (non-hydrogen) atoms. The van der Waals surface area contributed by atoms with Crippen molar-refractivity contribution < 1.29 is 32.7 Å². The van der Waals surface area contributed by atoms with Gasteiger partial charge >= 0.3 is 0 Å². The zero-order valence-electron chi connectivity index (χ0n) is 13.9. The maximum absolute atomic E-state index is 4.09. The third-order valence-electron chi connectivity index (χ3n) is 3.07. The number of nitrogens with zero attached hydrogens (tertiary/aromatic N) is 1. The van der Waals surface area contributed by atoms with Crippen LogP contribution in [-0.4, -0.2) is 4.57 Å². The molecule has 0 atom stereocenters. The summed E-state index contributed by atoms with van der Waals surface area (Å²) in [6.07, 6.45) is 2.12. The molecule has 1 radical (unpaired) electrons. The second-order valence-electron chi connectivity index (χ2n) is 4.28. The number of rotatable bonds is 2. The van der Waals surface area contributed by atoms with Crippen molar-refractivity contribution in [2.75, 3.05) is 0 Å². The van der Waals surface area contributed by atoms with Crippen LogP contribution in [0.3, 0.4) is 0 Å². The van der Waals surface area contributed by atoms with E-state index in [0.29, 0.717) is 0 Å². The first-order valence-electron chi connectivity index (χ1n) is 7.49. The molecule has 0 spiro atoms. The molecule has 0 saturated heterocycles. The minimum absolute atomic E-state index is 0. The zero-order chi connectivity index (χ0) is 15.7. The Hall–Kier alpha value is -1.05. The summed E-state index contributed by atoms with van der Waals surface area (Å²) in [6, 6.07) is 18.9.